The zero-order valence-corrected chi connectivity index (χ0v) is 10.4. The monoisotopic (exact) mass is 235 g/mol. The third kappa shape index (κ3) is 3.12. The molecular weight excluding hydrogens is 214 g/mol. The first-order chi connectivity index (χ1) is 8.31. The van der Waals surface area contributed by atoms with E-state index in [0.29, 0.717) is 0 Å². The molecule has 2 saturated heterocycles. The van der Waals surface area contributed by atoms with Gasteiger partial charge in [-0.25, -0.2) is 4.79 Å². The van der Waals surface area contributed by atoms with Crippen molar-refractivity contribution in [3.05, 3.63) is 0 Å². The smallest absolute Gasteiger partial charge is 0.319 e. The summed E-state index contributed by atoms with van der Waals surface area (Å²) in [5.41, 5.74) is 0. The molecule has 0 radical (unpaired) electrons. The minimum atomic E-state index is 0.156. The van der Waals surface area contributed by atoms with Crippen molar-refractivity contribution in [2.75, 3.05) is 26.2 Å². The van der Waals surface area contributed by atoms with Gasteiger partial charge in [0.1, 0.15) is 0 Å². The van der Waals surface area contributed by atoms with Crippen LogP contribution in [0, 0.1) is 17.2 Å². The summed E-state index contributed by atoms with van der Waals surface area (Å²) < 4.78 is 0. The van der Waals surface area contributed by atoms with E-state index in [-0.39, 0.29) is 11.9 Å². The van der Waals surface area contributed by atoms with Gasteiger partial charge in [0.25, 0.3) is 0 Å². The lowest BCUT2D eigenvalue weighted by Gasteiger charge is -2.33. The molecule has 0 aliphatic carbocycles. The Morgan fingerprint density at radius 1 is 0.941 bits per heavy atom. The number of hydrogen-bond acceptors (Lipinski definition) is 2. The molecule has 2 aliphatic rings. The second-order valence-electron chi connectivity index (χ2n) is 5.07. The molecule has 0 bridgehead atoms. The minimum Gasteiger partial charge on any atom is -0.325 e. The molecule has 0 unspecified atom stereocenters. The summed E-state index contributed by atoms with van der Waals surface area (Å²) in [4.78, 5) is 16.2. The average molecular weight is 235 g/mol. The largest absolute Gasteiger partial charge is 0.325 e. The highest BCUT2D eigenvalue weighted by Gasteiger charge is 2.26. The quantitative estimate of drug-likeness (QED) is 0.646. The van der Waals surface area contributed by atoms with E-state index < -0.39 is 0 Å². The van der Waals surface area contributed by atoms with Crippen molar-refractivity contribution in [3.63, 3.8) is 0 Å². The molecular formula is C13H21N3O. The Bertz CT molecular complexity index is 294. The van der Waals surface area contributed by atoms with Crippen LogP contribution in [0.3, 0.4) is 0 Å². The van der Waals surface area contributed by atoms with Gasteiger partial charge in [-0.3, -0.25) is 0 Å². The zero-order valence-electron chi connectivity index (χ0n) is 10.4. The normalized spacial score (nSPS) is 23.0. The standard InChI is InChI=1S/C13H21N3O/c14-11-12-5-9-16(10-6-12)13(17)15-7-3-1-2-4-8-15/h12H,1-10H2. The predicted octanol–water partition coefficient (Wildman–Crippen LogP) is 2.22. The van der Waals surface area contributed by atoms with Gasteiger partial charge in [-0.2, -0.15) is 5.26 Å². The van der Waals surface area contributed by atoms with E-state index in [1.165, 1.54) is 12.8 Å². The Morgan fingerprint density at radius 3 is 2.00 bits per heavy atom. The van der Waals surface area contributed by atoms with Gasteiger partial charge in [0, 0.05) is 32.1 Å². The number of carbonyl (C=O) groups excluding carboxylic acids is 1. The number of hydrogen-bond donors (Lipinski definition) is 0. The van der Waals surface area contributed by atoms with Crippen molar-refractivity contribution in [1.82, 2.24) is 9.80 Å². The van der Waals surface area contributed by atoms with Gasteiger partial charge in [-0.1, -0.05) is 12.8 Å². The van der Waals surface area contributed by atoms with E-state index in [4.69, 9.17) is 5.26 Å². The fourth-order valence-corrected chi connectivity index (χ4v) is 2.66. The van der Waals surface area contributed by atoms with Crippen LogP contribution in [0.15, 0.2) is 0 Å². The number of urea groups is 1. The second kappa shape index (κ2) is 5.90. The number of likely N-dealkylation sites (tertiary alicyclic amines) is 2. The number of carbonyl (C=O) groups is 1. The van der Waals surface area contributed by atoms with Crippen LogP contribution in [0.4, 0.5) is 4.79 Å². The maximum absolute atomic E-state index is 12.3. The highest BCUT2D eigenvalue weighted by Crippen LogP contribution is 2.19. The fraction of sp³-hybridized carbons (Fsp3) is 0.846. The lowest BCUT2D eigenvalue weighted by Crippen LogP contribution is -2.46. The van der Waals surface area contributed by atoms with Gasteiger partial charge in [-0.05, 0) is 25.7 Å². The zero-order chi connectivity index (χ0) is 12.1. The van der Waals surface area contributed by atoms with Crippen molar-refractivity contribution in [1.29, 1.82) is 5.26 Å². The van der Waals surface area contributed by atoms with E-state index in [1.54, 1.807) is 0 Å². The van der Waals surface area contributed by atoms with Crippen LogP contribution >= 0.6 is 0 Å². The molecule has 4 heteroatoms. The molecule has 0 aromatic rings. The highest BCUT2D eigenvalue weighted by molar-refractivity contribution is 5.74. The Hall–Kier alpha value is -1.24. The van der Waals surface area contributed by atoms with Crippen LogP contribution in [-0.2, 0) is 0 Å². The molecule has 0 spiro atoms. The summed E-state index contributed by atoms with van der Waals surface area (Å²) in [6, 6.07) is 2.50. The Kier molecular flexibility index (Phi) is 4.24. The molecule has 2 rings (SSSR count). The van der Waals surface area contributed by atoms with Crippen LogP contribution in [0.5, 0.6) is 0 Å². The number of piperidine rings is 1. The molecule has 0 saturated carbocycles. The van der Waals surface area contributed by atoms with Crippen molar-refractivity contribution < 1.29 is 4.79 Å². The first-order valence-electron chi connectivity index (χ1n) is 6.75. The molecule has 0 aromatic heterocycles. The Morgan fingerprint density at radius 2 is 1.47 bits per heavy atom. The van der Waals surface area contributed by atoms with Crippen LogP contribution < -0.4 is 0 Å². The van der Waals surface area contributed by atoms with Crippen LogP contribution in [0.2, 0.25) is 0 Å². The number of nitrogens with zero attached hydrogens (tertiary/aromatic N) is 3. The fourth-order valence-electron chi connectivity index (χ4n) is 2.66. The van der Waals surface area contributed by atoms with E-state index >= 15 is 0 Å². The van der Waals surface area contributed by atoms with Gasteiger partial charge >= 0.3 is 6.03 Å². The van der Waals surface area contributed by atoms with Gasteiger partial charge in [0.2, 0.25) is 0 Å². The highest BCUT2D eigenvalue weighted by atomic mass is 16.2. The maximum Gasteiger partial charge on any atom is 0.319 e. The molecule has 0 atom stereocenters. The molecule has 2 fully saturated rings. The molecule has 0 aromatic carbocycles. The molecule has 2 amide bonds. The minimum absolute atomic E-state index is 0.156. The predicted molar refractivity (Wildman–Crippen MR) is 65.3 cm³/mol. The molecule has 0 N–H and O–H groups in total. The summed E-state index contributed by atoms with van der Waals surface area (Å²) in [5, 5.41) is 8.84. The number of nitriles is 1. The Labute approximate surface area is 103 Å². The summed E-state index contributed by atoms with van der Waals surface area (Å²) >= 11 is 0. The summed E-state index contributed by atoms with van der Waals surface area (Å²) in [6.07, 6.45) is 6.47. The number of amides is 2. The SMILES string of the molecule is N#CC1CCN(C(=O)N2CCCCCC2)CC1. The van der Waals surface area contributed by atoms with Crippen LogP contribution in [0.25, 0.3) is 0 Å². The van der Waals surface area contributed by atoms with Gasteiger partial charge in [0.15, 0.2) is 0 Å². The van der Waals surface area contributed by atoms with E-state index in [0.717, 1.165) is 51.9 Å². The van der Waals surface area contributed by atoms with Crippen LogP contribution in [0.1, 0.15) is 38.5 Å². The second-order valence-corrected chi connectivity index (χ2v) is 5.07. The molecule has 94 valence electrons. The first kappa shape index (κ1) is 12.2. The lowest BCUT2D eigenvalue weighted by atomic mass is 9.99. The third-order valence-corrected chi connectivity index (χ3v) is 3.82. The van der Waals surface area contributed by atoms with Gasteiger partial charge < -0.3 is 9.80 Å². The molecule has 17 heavy (non-hydrogen) atoms. The Balaban J connectivity index is 1.85. The summed E-state index contributed by atoms with van der Waals surface area (Å²) in [7, 11) is 0. The molecule has 2 heterocycles. The van der Waals surface area contributed by atoms with Gasteiger partial charge in [-0.15, -0.1) is 0 Å². The van der Waals surface area contributed by atoms with E-state index in [1.807, 2.05) is 9.80 Å². The average Bonchev–Trinajstić information content (AvgIpc) is 2.67. The maximum atomic E-state index is 12.3. The van der Waals surface area contributed by atoms with Crippen molar-refractivity contribution in [3.8, 4) is 6.07 Å². The van der Waals surface area contributed by atoms with Crippen LogP contribution in [-0.4, -0.2) is 42.0 Å². The lowest BCUT2D eigenvalue weighted by molar-refractivity contribution is 0.139. The molecule has 4 nitrogen and oxygen atoms in total. The van der Waals surface area contributed by atoms with Gasteiger partial charge in [0.05, 0.1) is 6.07 Å². The summed E-state index contributed by atoms with van der Waals surface area (Å²) in [5.74, 6) is 0.156. The van der Waals surface area contributed by atoms with Crippen molar-refractivity contribution >= 4 is 6.03 Å². The van der Waals surface area contributed by atoms with E-state index in [2.05, 4.69) is 6.07 Å². The van der Waals surface area contributed by atoms with Crippen molar-refractivity contribution in [2.24, 2.45) is 5.92 Å². The molecule has 2 aliphatic heterocycles. The summed E-state index contributed by atoms with van der Waals surface area (Å²) in [6.45, 7) is 3.34. The first-order valence-corrected chi connectivity index (χ1v) is 6.75. The van der Waals surface area contributed by atoms with E-state index in [9.17, 15) is 4.79 Å². The third-order valence-electron chi connectivity index (χ3n) is 3.82. The topological polar surface area (TPSA) is 47.3 Å². The number of rotatable bonds is 0. The van der Waals surface area contributed by atoms with Crippen molar-refractivity contribution in [2.45, 2.75) is 38.5 Å².